The van der Waals surface area contributed by atoms with E-state index in [4.69, 9.17) is 27.6 Å². The summed E-state index contributed by atoms with van der Waals surface area (Å²) in [5.41, 5.74) is 2.29. The summed E-state index contributed by atoms with van der Waals surface area (Å²) >= 11 is 13.3. The van der Waals surface area contributed by atoms with Crippen LogP contribution in [0, 0.1) is 6.92 Å². The van der Waals surface area contributed by atoms with E-state index in [0.717, 1.165) is 11.1 Å². The van der Waals surface area contributed by atoms with Crippen LogP contribution in [-0.2, 0) is 4.79 Å². The van der Waals surface area contributed by atoms with Gasteiger partial charge in [0.15, 0.2) is 0 Å². The zero-order valence-corrected chi connectivity index (χ0v) is 16.3. The molecule has 1 atom stereocenters. The molecule has 8 heteroatoms. The second kappa shape index (κ2) is 8.12. The lowest BCUT2D eigenvalue weighted by Crippen LogP contribution is -2.22. The third kappa shape index (κ3) is 4.20. The van der Waals surface area contributed by atoms with E-state index in [9.17, 15) is 4.79 Å². The third-order valence-electron chi connectivity index (χ3n) is 3.64. The molecule has 1 N–H and O–H groups in total. The summed E-state index contributed by atoms with van der Waals surface area (Å²) in [6.07, 6.45) is 0. The number of anilines is 1. The van der Waals surface area contributed by atoms with Gasteiger partial charge in [-0.1, -0.05) is 59.2 Å². The fraction of sp³-hybridized carbons (Fsp3) is 0.167. The van der Waals surface area contributed by atoms with Crippen LogP contribution in [0.2, 0.25) is 10.0 Å². The van der Waals surface area contributed by atoms with Gasteiger partial charge >= 0.3 is 0 Å². The molecule has 0 fully saturated rings. The van der Waals surface area contributed by atoms with Gasteiger partial charge in [-0.15, -0.1) is 10.2 Å². The van der Waals surface area contributed by atoms with E-state index in [1.807, 2.05) is 31.2 Å². The van der Waals surface area contributed by atoms with Gasteiger partial charge < -0.3 is 9.73 Å². The highest BCUT2D eigenvalue weighted by Crippen LogP contribution is 2.32. The first kappa shape index (κ1) is 18.8. The number of aromatic nitrogens is 2. The minimum atomic E-state index is -0.479. The quantitative estimate of drug-likeness (QED) is 0.567. The maximum absolute atomic E-state index is 12.4. The summed E-state index contributed by atoms with van der Waals surface area (Å²) in [4.78, 5) is 12.4. The van der Waals surface area contributed by atoms with Crippen LogP contribution < -0.4 is 5.32 Å². The molecule has 0 saturated heterocycles. The first-order valence-electron chi connectivity index (χ1n) is 7.76. The van der Waals surface area contributed by atoms with Crippen LogP contribution in [0.5, 0.6) is 0 Å². The number of nitrogens with zero attached hydrogens (tertiary/aromatic N) is 2. The molecular formula is C18H15Cl2N3O2S. The molecule has 0 bridgehead atoms. The van der Waals surface area contributed by atoms with Crippen LogP contribution in [0.1, 0.15) is 12.5 Å². The van der Waals surface area contributed by atoms with Crippen molar-refractivity contribution in [3.63, 3.8) is 0 Å². The molecule has 5 nitrogen and oxygen atoms in total. The number of carbonyl (C=O) groups is 1. The van der Waals surface area contributed by atoms with Crippen molar-refractivity contribution in [2.45, 2.75) is 24.3 Å². The topological polar surface area (TPSA) is 68.0 Å². The van der Waals surface area contributed by atoms with Crippen molar-refractivity contribution >= 4 is 46.6 Å². The molecule has 0 aliphatic carbocycles. The van der Waals surface area contributed by atoms with Crippen LogP contribution in [0.4, 0.5) is 5.69 Å². The minimum absolute atomic E-state index is 0.263. The van der Waals surface area contributed by atoms with Crippen molar-refractivity contribution in [2.24, 2.45) is 0 Å². The van der Waals surface area contributed by atoms with Gasteiger partial charge in [0.2, 0.25) is 11.8 Å². The van der Waals surface area contributed by atoms with E-state index in [1.54, 1.807) is 25.1 Å². The third-order valence-corrected chi connectivity index (χ3v) is 5.20. The lowest BCUT2D eigenvalue weighted by Gasteiger charge is -2.12. The molecule has 0 aliphatic heterocycles. The van der Waals surface area contributed by atoms with Crippen LogP contribution >= 0.6 is 35.0 Å². The molecule has 3 aromatic rings. The number of halogens is 2. The Morgan fingerprint density at radius 3 is 2.50 bits per heavy atom. The van der Waals surface area contributed by atoms with Gasteiger partial charge in [-0.05, 0) is 37.6 Å². The van der Waals surface area contributed by atoms with Gasteiger partial charge in [0.05, 0.1) is 21.0 Å². The van der Waals surface area contributed by atoms with Gasteiger partial charge in [-0.25, -0.2) is 0 Å². The Hall–Kier alpha value is -2.02. The Balaban J connectivity index is 1.69. The van der Waals surface area contributed by atoms with Crippen LogP contribution in [-0.4, -0.2) is 21.4 Å². The number of thioether (sulfide) groups is 1. The number of rotatable bonds is 5. The number of carbonyl (C=O) groups excluding carboxylic acids is 1. The van der Waals surface area contributed by atoms with Gasteiger partial charge in [0.25, 0.3) is 5.22 Å². The van der Waals surface area contributed by atoms with E-state index in [1.165, 1.54) is 11.8 Å². The molecule has 0 radical (unpaired) electrons. The van der Waals surface area contributed by atoms with Crippen LogP contribution in [0.15, 0.2) is 52.1 Å². The molecule has 1 heterocycles. The van der Waals surface area contributed by atoms with Crippen LogP contribution in [0.3, 0.4) is 0 Å². The number of para-hydroxylation sites is 1. The Labute approximate surface area is 165 Å². The number of aryl methyl sites for hydroxylation is 1. The molecular weight excluding hydrogens is 393 g/mol. The summed E-state index contributed by atoms with van der Waals surface area (Å²) in [6.45, 7) is 3.71. The van der Waals surface area contributed by atoms with Crippen molar-refractivity contribution in [1.29, 1.82) is 0 Å². The van der Waals surface area contributed by atoms with E-state index >= 15 is 0 Å². The predicted molar refractivity (Wildman–Crippen MR) is 105 cm³/mol. The standard InChI is InChI=1S/C18H15Cl2N3O2S/c1-10-6-3-4-7-12(10)17-22-23-18(25-17)26-11(2)16(24)21-15-13(19)8-5-9-14(15)20/h3-9,11H,1-2H3,(H,21,24)/t11-/m0/s1. The highest BCUT2D eigenvalue weighted by Gasteiger charge is 2.20. The van der Waals surface area contributed by atoms with Crippen molar-refractivity contribution in [2.75, 3.05) is 5.32 Å². The lowest BCUT2D eigenvalue weighted by molar-refractivity contribution is -0.115. The monoisotopic (exact) mass is 407 g/mol. The highest BCUT2D eigenvalue weighted by atomic mass is 35.5. The molecule has 3 rings (SSSR count). The van der Waals surface area contributed by atoms with Crippen molar-refractivity contribution in [3.8, 4) is 11.5 Å². The van der Waals surface area contributed by atoms with Gasteiger partial charge in [0.1, 0.15) is 0 Å². The molecule has 26 heavy (non-hydrogen) atoms. The molecule has 0 saturated carbocycles. The summed E-state index contributed by atoms with van der Waals surface area (Å²) < 4.78 is 5.68. The Kier molecular flexibility index (Phi) is 5.86. The number of benzene rings is 2. The fourth-order valence-corrected chi connectivity index (χ4v) is 3.40. The van der Waals surface area contributed by atoms with E-state index in [-0.39, 0.29) is 5.91 Å². The highest BCUT2D eigenvalue weighted by molar-refractivity contribution is 8.00. The smallest absolute Gasteiger partial charge is 0.277 e. The molecule has 134 valence electrons. The summed E-state index contributed by atoms with van der Waals surface area (Å²) in [5, 5.41) is 11.4. The second-order valence-corrected chi connectivity index (χ2v) is 7.64. The average Bonchev–Trinajstić information content (AvgIpc) is 3.06. The molecule has 1 aromatic heterocycles. The number of hydrogen-bond donors (Lipinski definition) is 1. The second-order valence-electron chi connectivity index (χ2n) is 5.53. The van der Waals surface area contributed by atoms with E-state index in [0.29, 0.717) is 26.8 Å². The SMILES string of the molecule is Cc1ccccc1-c1nnc(S[C@@H](C)C(=O)Nc2c(Cl)cccc2Cl)o1. The van der Waals surface area contributed by atoms with Crippen molar-refractivity contribution in [1.82, 2.24) is 10.2 Å². The Bertz CT molecular complexity index is 925. The first-order chi connectivity index (χ1) is 12.5. The normalized spacial score (nSPS) is 12.0. The maximum atomic E-state index is 12.4. The summed E-state index contributed by atoms with van der Waals surface area (Å²) in [7, 11) is 0. The van der Waals surface area contributed by atoms with Crippen LogP contribution in [0.25, 0.3) is 11.5 Å². The Morgan fingerprint density at radius 2 is 1.81 bits per heavy atom. The van der Waals surface area contributed by atoms with E-state index < -0.39 is 5.25 Å². The minimum Gasteiger partial charge on any atom is -0.411 e. The van der Waals surface area contributed by atoms with Gasteiger partial charge in [-0.3, -0.25) is 4.79 Å². The number of nitrogens with one attached hydrogen (secondary N) is 1. The first-order valence-corrected chi connectivity index (χ1v) is 9.40. The van der Waals surface area contributed by atoms with E-state index in [2.05, 4.69) is 15.5 Å². The van der Waals surface area contributed by atoms with Crippen molar-refractivity contribution in [3.05, 3.63) is 58.1 Å². The van der Waals surface area contributed by atoms with Crippen molar-refractivity contribution < 1.29 is 9.21 Å². The Morgan fingerprint density at radius 1 is 1.12 bits per heavy atom. The number of amides is 1. The largest absolute Gasteiger partial charge is 0.411 e. The lowest BCUT2D eigenvalue weighted by atomic mass is 10.1. The molecule has 0 spiro atoms. The molecule has 1 amide bonds. The molecule has 0 unspecified atom stereocenters. The average molecular weight is 408 g/mol. The maximum Gasteiger partial charge on any atom is 0.277 e. The van der Waals surface area contributed by atoms with Gasteiger partial charge in [0, 0.05) is 5.56 Å². The molecule has 2 aromatic carbocycles. The van der Waals surface area contributed by atoms with Gasteiger partial charge in [-0.2, -0.15) is 0 Å². The molecule has 0 aliphatic rings. The zero-order chi connectivity index (χ0) is 18.7. The number of hydrogen-bond acceptors (Lipinski definition) is 5. The summed E-state index contributed by atoms with van der Waals surface area (Å²) in [5.74, 6) is 0.160. The summed E-state index contributed by atoms with van der Waals surface area (Å²) in [6, 6.07) is 12.8. The fourth-order valence-electron chi connectivity index (χ4n) is 2.23. The predicted octanol–water partition coefficient (Wildman–Crippen LogP) is 5.47. The zero-order valence-electron chi connectivity index (χ0n) is 14.0.